The third-order valence-corrected chi connectivity index (χ3v) is 9.40. The van der Waals surface area contributed by atoms with Crippen molar-refractivity contribution in [2.45, 2.75) is 57.6 Å². The van der Waals surface area contributed by atoms with Crippen LogP contribution in [0.3, 0.4) is 0 Å². The number of benzene rings is 3. The molecule has 0 radical (unpaired) electrons. The second-order valence-electron chi connectivity index (χ2n) is 9.66. The highest BCUT2D eigenvalue weighted by molar-refractivity contribution is 7.92. The van der Waals surface area contributed by atoms with E-state index < -0.39 is 28.5 Å². The molecular weight excluding hydrogens is 621 g/mol. The lowest BCUT2D eigenvalue weighted by molar-refractivity contribution is -0.139. The van der Waals surface area contributed by atoms with Crippen molar-refractivity contribution in [2.24, 2.45) is 0 Å². The highest BCUT2D eigenvalue weighted by Gasteiger charge is 2.33. The molecule has 226 valence electrons. The van der Waals surface area contributed by atoms with Crippen molar-refractivity contribution in [1.82, 2.24) is 10.2 Å². The molecule has 0 saturated carbocycles. The summed E-state index contributed by atoms with van der Waals surface area (Å²) in [7, 11) is -4.23. The van der Waals surface area contributed by atoms with Gasteiger partial charge in [0.2, 0.25) is 11.8 Å². The van der Waals surface area contributed by atoms with E-state index in [9.17, 15) is 18.0 Å². The molecule has 0 aliphatic rings. The standard InChI is InChI=1S/C30H34Cl3N3O5S/c1-5-20(3)34-30(38)21(4)35(18-22-7-16-27(32)28(33)17-22)29(37)19-36(24-10-12-25(13-11-24)41-6-2)42(39,40)26-14-8-23(31)9-15-26/h7-17,20-21H,5-6,18-19H2,1-4H3,(H,34,38)/t20-,21-/m0/s1. The van der Waals surface area contributed by atoms with E-state index in [1.165, 1.54) is 29.2 Å². The van der Waals surface area contributed by atoms with Crippen LogP contribution in [0.5, 0.6) is 5.75 Å². The van der Waals surface area contributed by atoms with Gasteiger partial charge in [-0.25, -0.2) is 8.42 Å². The molecule has 0 aromatic heterocycles. The van der Waals surface area contributed by atoms with Crippen LogP contribution in [0.25, 0.3) is 0 Å². The zero-order valence-electron chi connectivity index (χ0n) is 23.8. The van der Waals surface area contributed by atoms with Crippen LogP contribution < -0.4 is 14.4 Å². The van der Waals surface area contributed by atoms with E-state index in [4.69, 9.17) is 39.5 Å². The molecule has 0 bridgehead atoms. The molecule has 0 heterocycles. The van der Waals surface area contributed by atoms with Gasteiger partial charge in [-0.15, -0.1) is 0 Å². The van der Waals surface area contributed by atoms with Crippen LogP contribution in [0.2, 0.25) is 15.1 Å². The summed E-state index contributed by atoms with van der Waals surface area (Å²) in [5, 5.41) is 3.90. The predicted molar refractivity (Wildman–Crippen MR) is 168 cm³/mol. The van der Waals surface area contributed by atoms with Gasteiger partial charge in [-0.05, 0) is 93.4 Å². The summed E-state index contributed by atoms with van der Waals surface area (Å²) >= 11 is 18.3. The van der Waals surface area contributed by atoms with Crippen LogP contribution in [-0.2, 0) is 26.2 Å². The van der Waals surface area contributed by atoms with Gasteiger partial charge in [0.05, 0.1) is 27.2 Å². The Bertz CT molecular complexity index is 1490. The quantitative estimate of drug-likeness (QED) is 0.225. The summed E-state index contributed by atoms with van der Waals surface area (Å²) in [6.07, 6.45) is 0.698. The third kappa shape index (κ3) is 8.53. The van der Waals surface area contributed by atoms with Gasteiger partial charge in [0.15, 0.2) is 0 Å². The third-order valence-electron chi connectivity index (χ3n) is 6.62. The highest BCUT2D eigenvalue weighted by Crippen LogP contribution is 2.28. The number of ether oxygens (including phenoxy) is 1. The maximum absolute atomic E-state index is 14.0. The molecule has 2 atom stereocenters. The molecule has 0 unspecified atom stereocenters. The second kappa shape index (κ2) is 15.0. The van der Waals surface area contributed by atoms with Crippen LogP contribution >= 0.6 is 34.8 Å². The van der Waals surface area contributed by atoms with Gasteiger partial charge in [0.25, 0.3) is 10.0 Å². The van der Waals surface area contributed by atoms with Gasteiger partial charge in [0.1, 0.15) is 18.3 Å². The molecule has 3 aromatic rings. The monoisotopic (exact) mass is 653 g/mol. The lowest BCUT2D eigenvalue weighted by Crippen LogP contribution is -2.52. The Morgan fingerprint density at radius 1 is 0.905 bits per heavy atom. The molecule has 0 fully saturated rings. The Balaban J connectivity index is 2.04. The highest BCUT2D eigenvalue weighted by atomic mass is 35.5. The van der Waals surface area contributed by atoms with E-state index in [0.29, 0.717) is 39.4 Å². The number of nitrogens with zero attached hydrogens (tertiary/aromatic N) is 2. The number of rotatable bonds is 13. The van der Waals surface area contributed by atoms with Crippen molar-refractivity contribution in [2.75, 3.05) is 17.5 Å². The molecule has 8 nitrogen and oxygen atoms in total. The fourth-order valence-corrected chi connectivity index (χ4v) is 5.88. The summed E-state index contributed by atoms with van der Waals surface area (Å²) in [6, 6.07) is 15.9. The zero-order chi connectivity index (χ0) is 31.0. The van der Waals surface area contributed by atoms with Gasteiger partial charge < -0.3 is 15.0 Å². The zero-order valence-corrected chi connectivity index (χ0v) is 26.9. The Labute approximate surface area is 262 Å². The molecule has 0 aliphatic heterocycles. The molecule has 0 aliphatic carbocycles. The molecule has 0 spiro atoms. The topological polar surface area (TPSA) is 96.0 Å². The van der Waals surface area contributed by atoms with E-state index in [1.807, 2.05) is 20.8 Å². The SMILES string of the molecule is CCOc1ccc(N(CC(=O)N(Cc2ccc(Cl)c(Cl)c2)[C@@H](C)C(=O)N[C@@H](C)CC)S(=O)(=O)c2ccc(Cl)cc2)cc1. The summed E-state index contributed by atoms with van der Waals surface area (Å²) in [5.41, 5.74) is 0.863. The molecule has 2 amide bonds. The molecule has 0 saturated heterocycles. The van der Waals surface area contributed by atoms with Crippen LogP contribution in [-0.4, -0.2) is 50.4 Å². The molecule has 3 aromatic carbocycles. The average Bonchev–Trinajstić information content (AvgIpc) is 2.96. The van der Waals surface area contributed by atoms with Crippen LogP contribution in [0.1, 0.15) is 39.7 Å². The van der Waals surface area contributed by atoms with Crippen LogP contribution in [0.15, 0.2) is 71.6 Å². The van der Waals surface area contributed by atoms with Crippen LogP contribution in [0, 0.1) is 0 Å². The predicted octanol–water partition coefficient (Wildman–Crippen LogP) is 6.57. The first-order chi connectivity index (χ1) is 19.9. The lowest BCUT2D eigenvalue weighted by Gasteiger charge is -2.32. The first kappa shape index (κ1) is 33.5. The van der Waals surface area contributed by atoms with Crippen molar-refractivity contribution in [3.8, 4) is 5.75 Å². The van der Waals surface area contributed by atoms with Gasteiger partial charge in [0, 0.05) is 17.6 Å². The maximum atomic E-state index is 14.0. The summed E-state index contributed by atoms with van der Waals surface area (Å²) in [4.78, 5) is 28.5. The fraction of sp³-hybridized carbons (Fsp3) is 0.333. The molecule has 3 rings (SSSR count). The molecular formula is C30H34Cl3N3O5S. The Kier molecular flexibility index (Phi) is 11.9. The summed E-state index contributed by atoms with van der Waals surface area (Å²) in [6.45, 7) is 7.08. The number of nitrogens with one attached hydrogen (secondary N) is 1. The number of carbonyl (C=O) groups excluding carboxylic acids is 2. The number of amides is 2. The second-order valence-corrected chi connectivity index (χ2v) is 12.8. The van der Waals surface area contributed by atoms with E-state index in [1.54, 1.807) is 49.4 Å². The summed E-state index contributed by atoms with van der Waals surface area (Å²) in [5.74, 6) is -0.418. The minimum atomic E-state index is -4.23. The number of sulfonamides is 1. The smallest absolute Gasteiger partial charge is 0.264 e. The van der Waals surface area contributed by atoms with E-state index >= 15 is 0 Å². The minimum absolute atomic E-state index is 0.0110. The van der Waals surface area contributed by atoms with E-state index in [-0.39, 0.29) is 29.1 Å². The summed E-state index contributed by atoms with van der Waals surface area (Å²) < 4.78 is 34.3. The lowest BCUT2D eigenvalue weighted by atomic mass is 10.1. The number of halogens is 3. The first-order valence-corrected chi connectivity index (χ1v) is 16.0. The largest absolute Gasteiger partial charge is 0.494 e. The fourth-order valence-electron chi connectivity index (χ4n) is 4.02. The van der Waals surface area contributed by atoms with Gasteiger partial charge in [-0.2, -0.15) is 0 Å². The Morgan fingerprint density at radius 3 is 2.12 bits per heavy atom. The minimum Gasteiger partial charge on any atom is -0.494 e. The maximum Gasteiger partial charge on any atom is 0.264 e. The number of carbonyl (C=O) groups is 2. The molecule has 42 heavy (non-hydrogen) atoms. The van der Waals surface area contributed by atoms with Gasteiger partial charge in [-0.1, -0.05) is 47.8 Å². The Hall–Kier alpha value is -2.98. The van der Waals surface area contributed by atoms with Crippen molar-refractivity contribution < 1.29 is 22.7 Å². The van der Waals surface area contributed by atoms with E-state index in [0.717, 1.165) is 4.31 Å². The number of hydrogen-bond donors (Lipinski definition) is 1. The molecule has 1 N–H and O–H groups in total. The molecule has 12 heteroatoms. The van der Waals surface area contributed by atoms with Crippen molar-refractivity contribution >= 4 is 62.3 Å². The average molecular weight is 655 g/mol. The Morgan fingerprint density at radius 2 is 1.55 bits per heavy atom. The van der Waals surface area contributed by atoms with Crippen molar-refractivity contribution in [3.05, 3.63) is 87.4 Å². The van der Waals surface area contributed by atoms with E-state index in [2.05, 4.69) is 5.32 Å². The van der Waals surface area contributed by atoms with Gasteiger partial charge >= 0.3 is 0 Å². The number of hydrogen-bond acceptors (Lipinski definition) is 5. The van der Waals surface area contributed by atoms with Crippen molar-refractivity contribution in [1.29, 1.82) is 0 Å². The normalized spacial score (nSPS) is 12.7. The first-order valence-electron chi connectivity index (χ1n) is 13.4. The van der Waals surface area contributed by atoms with Crippen LogP contribution in [0.4, 0.5) is 5.69 Å². The number of anilines is 1. The van der Waals surface area contributed by atoms with Gasteiger partial charge in [-0.3, -0.25) is 13.9 Å². The van der Waals surface area contributed by atoms with Crippen molar-refractivity contribution in [3.63, 3.8) is 0 Å².